The van der Waals surface area contributed by atoms with Crippen LogP contribution in [0.4, 0.5) is 5.69 Å². The normalized spacial score (nSPS) is 12.1. The fraction of sp³-hybridized carbons (Fsp3) is 0.462. The number of hydrogen-bond donors (Lipinski definition) is 0. The van der Waals surface area contributed by atoms with E-state index in [2.05, 4.69) is 62.9 Å². The van der Waals surface area contributed by atoms with E-state index >= 15 is 0 Å². The van der Waals surface area contributed by atoms with Crippen molar-refractivity contribution in [1.82, 2.24) is 4.98 Å². The third-order valence-corrected chi connectivity index (χ3v) is 3.97. The predicted octanol–water partition coefficient (Wildman–Crippen LogP) is 3.66. The molecule has 1 heterocycles. The summed E-state index contributed by atoms with van der Waals surface area (Å²) >= 11 is 1.80. The van der Waals surface area contributed by atoms with Gasteiger partial charge in [-0.15, -0.1) is 11.3 Å². The summed E-state index contributed by atoms with van der Waals surface area (Å²) in [7, 11) is 4.12. The third-order valence-electron chi connectivity index (χ3n) is 2.53. The molecule has 2 rings (SSSR count). The summed E-state index contributed by atoms with van der Waals surface area (Å²) in [5.41, 5.74) is 2.49. The maximum atomic E-state index is 4.68. The number of thiazole rings is 1. The average molecular weight is 234 g/mol. The summed E-state index contributed by atoms with van der Waals surface area (Å²) in [6.07, 6.45) is 0. The van der Waals surface area contributed by atoms with Gasteiger partial charge < -0.3 is 4.90 Å². The molecular weight excluding hydrogens is 216 g/mol. The second kappa shape index (κ2) is 3.74. The van der Waals surface area contributed by atoms with E-state index in [0.717, 1.165) is 5.52 Å². The maximum Gasteiger partial charge on any atom is 0.0992 e. The molecule has 0 N–H and O–H groups in total. The van der Waals surface area contributed by atoms with Gasteiger partial charge in [0.05, 0.1) is 15.2 Å². The Hall–Kier alpha value is -1.09. The van der Waals surface area contributed by atoms with Gasteiger partial charge in [-0.25, -0.2) is 4.98 Å². The van der Waals surface area contributed by atoms with E-state index in [1.807, 2.05) is 0 Å². The van der Waals surface area contributed by atoms with Crippen molar-refractivity contribution < 1.29 is 0 Å². The second-order valence-electron chi connectivity index (χ2n) is 5.32. The van der Waals surface area contributed by atoms with Gasteiger partial charge in [-0.05, 0) is 18.2 Å². The van der Waals surface area contributed by atoms with Crippen LogP contribution >= 0.6 is 11.3 Å². The van der Waals surface area contributed by atoms with Gasteiger partial charge in [0.1, 0.15) is 0 Å². The molecule has 0 aliphatic heterocycles. The van der Waals surface area contributed by atoms with Crippen molar-refractivity contribution in [3.8, 4) is 0 Å². The lowest BCUT2D eigenvalue weighted by atomic mass is 9.98. The van der Waals surface area contributed by atoms with Crippen LogP contribution in [-0.4, -0.2) is 19.1 Å². The van der Waals surface area contributed by atoms with Gasteiger partial charge in [-0.1, -0.05) is 20.8 Å². The highest BCUT2D eigenvalue weighted by molar-refractivity contribution is 7.18. The van der Waals surface area contributed by atoms with E-state index in [-0.39, 0.29) is 5.41 Å². The summed E-state index contributed by atoms with van der Waals surface area (Å²) < 4.78 is 1.27. The van der Waals surface area contributed by atoms with Crippen LogP contribution in [0.5, 0.6) is 0 Å². The zero-order chi connectivity index (χ0) is 11.9. The lowest BCUT2D eigenvalue weighted by Gasteiger charge is -2.13. The number of anilines is 1. The summed E-state index contributed by atoms with van der Waals surface area (Å²) in [4.78, 5) is 6.81. The Morgan fingerprint density at radius 1 is 1.19 bits per heavy atom. The van der Waals surface area contributed by atoms with E-state index in [1.54, 1.807) is 11.3 Å². The van der Waals surface area contributed by atoms with Gasteiger partial charge in [0.25, 0.3) is 0 Å². The molecule has 0 amide bonds. The van der Waals surface area contributed by atoms with Crippen LogP contribution in [0.1, 0.15) is 25.8 Å². The molecule has 0 radical (unpaired) electrons. The Morgan fingerprint density at radius 2 is 1.88 bits per heavy atom. The molecule has 86 valence electrons. The Kier molecular flexibility index (Phi) is 2.66. The number of rotatable bonds is 1. The topological polar surface area (TPSA) is 16.1 Å². The molecule has 0 aliphatic carbocycles. The van der Waals surface area contributed by atoms with Gasteiger partial charge in [0.15, 0.2) is 0 Å². The molecule has 2 aromatic rings. The molecule has 2 nitrogen and oxygen atoms in total. The first-order chi connectivity index (χ1) is 7.38. The fourth-order valence-corrected chi connectivity index (χ4v) is 2.57. The third kappa shape index (κ3) is 2.05. The molecule has 0 saturated carbocycles. The minimum atomic E-state index is 0.141. The van der Waals surface area contributed by atoms with Crippen molar-refractivity contribution in [1.29, 1.82) is 0 Å². The van der Waals surface area contributed by atoms with Gasteiger partial charge in [0, 0.05) is 25.2 Å². The van der Waals surface area contributed by atoms with E-state index in [4.69, 9.17) is 0 Å². The lowest BCUT2D eigenvalue weighted by molar-refractivity contribution is 0.587. The van der Waals surface area contributed by atoms with Crippen LogP contribution in [0, 0.1) is 0 Å². The molecule has 0 fully saturated rings. The van der Waals surface area contributed by atoms with Crippen LogP contribution in [-0.2, 0) is 5.41 Å². The minimum Gasteiger partial charge on any atom is -0.378 e. The first-order valence-electron chi connectivity index (χ1n) is 5.46. The standard InChI is InChI=1S/C13H18N2S/c1-13(2,3)12-14-10-7-6-9(15(4)5)8-11(10)16-12/h6-8H,1-5H3. The Labute approximate surface area is 101 Å². The Morgan fingerprint density at radius 3 is 2.44 bits per heavy atom. The summed E-state index contributed by atoms with van der Waals surface area (Å²) in [6.45, 7) is 6.62. The highest BCUT2D eigenvalue weighted by Gasteiger charge is 2.18. The molecule has 0 aliphatic rings. The van der Waals surface area contributed by atoms with Crippen molar-refractivity contribution in [3.05, 3.63) is 23.2 Å². The van der Waals surface area contributed by atoms with E-state index in [1.165, 1.54) is 15.4 Å². The molecular formula is C13H18N2S. The molecule has 3 heteroatoms. The van der Waals surface area contributed by atoms with Gasteiger partial charge in [-0.3, -0.25) is 0 Å². The Balaban J connectivity index is 2.54. The van der Waals surface area contributed by atoms with Crippen molar-refractivity contribution in [2.24, 2.45) is 0 Å². The molecule has 0 unspecified atom stereocenters. The first kappa shape index (κ1) is 11.4. The van der Waals surface area contributed by atoms with Crippen molar-refractivity contribution in [2.75, 3.05) is 19.0 Å². The number of aromatic nitrogens is 1. The minimum absolute atomic E-state index is 0.141. The zero-order valence-electron chi connectivity index (χ0n) is 10.5. The van der Waals surface area contributed by atoms with Gasteiger partial charge in [-0.2, -0.15) is 0 Å². The number of nitrogens with zero attached hydrogens (tertiary/aromatic N) is 2. The van der Waals surface area contributed by atoms with Crippen LogP contribution in [0.3, 0.4) is 0 Å². The van der Waals surface area contributed by atoms with E-state index < -0.39 is 0 Å². The molecule has 1 aromatic carbocycles. The Bertz CT molecular complexity index is 506. The number of benzene rings is 1. The van der Waals surface area contributed by atoms with E-state index in [9.17, 15) is 0 Å². The smallest absolute Gasteiger partial charge is 0.0992 e. The SMILES string of the molecule is CN(C)c1ccc2nc(C(C)(C)C)sc2c1. The highest BCUT2D eigenvalue weighted by atomic mass is 32.1. The summed E-state index contributed by atoms with van der Waals surface area (Å²) in [6, 6.07) is 6.44. The van der Waals surface area contributed by atoms with Crippen molar-refractivity contribution in [3.63, 3.8) is 0 Å². The lowest BCUT2D eigenvalue weighted by Crippen LogP contribution is -2.09. The van der Waals surface area contributed by atoms with Crippen molar-refractivity contribution in [2.45, 2.75) is 26.2 Å². The molecule has 0 atom stereocenters. The van der Waals surface area contributed by atoms with Gasteiger partial charge in [0.2, 0.25) is 0 Å². The quantitative estimate of drug-likeness (QED) is 0.748. The predicted molar refractivity (Wildman–Crippen MR) is 72.6 cm³/mol. The van der Waals surface area contributed by atoms with Crippen LogP contribution in [0.2, 0.25) is 0 Å². The summed E-state index contributed by atoms with van der Waals surface area (Å²) in [5.74, 6) is 0. The monoisotopic (exact) mass is 234 g/mol. The zero-order valence-corrected chi connectivity index (χ0v) is 11.4. The molecule has 0 saturated heterocycles. The molecule has 0 bridgehead atoms. The fourth-order valence-electron chi connectivity index (χ4n) is 1.51. The largest absolute Gasteiger partial charge is 0.378 e. The average Bonchev–Trinajstić information content (AvgIpc) is 2.58. The highest BCUT2D eigenvalue weighted by Crippen LogP contribution is 2.32. The molecule has 16 heavy (non-hydrogen) atoms. The number of hydrogen-bond acceptors (Lipinski definition) is 3. The summed E-state index contributed by atoms with van der Waals surface area (Å²) in [5, 5.41) is 1.21. The van der Waals surface area contributed by atoms with Crippen LogP contribution in [0.15, 0.2) is 18.2 Å². The van der Waals surface area contributed by atoms with Crippen LogP contribution in [0.25, 0.3) is 10.2 Å². The van der Waals surface area contributed by atoms with Crippen molar-refractivity contribution >= 4 is 27.2 Å². The maximum absolute atomic E-state index is 4.68. The van der Waals surface area contributed by atoms with E-state index in [0.29, 0.717) is 0 Å². The first-order valence-corrected chi connectivity index (χ1v) is 6.28. The molecule has 0 spiro atoms. The number of fused-ring (bicyclic) bond motifs is 1. The second-order valence-corrected chi connectivity index (χ2v) is 6.35. The van der Waals surface area contributed by atoms with Gasteiger partial charge >= 0.3 is 0 Å². The van der Waals surface area contributed by atoms with Crippen LogP contribution < -0.4 is 4.90 Å². The molecule has 1 aromatic heterocycles.